The van der Waals surface area contributed by atoms with Crippen LogP contribution in [0.15, 0.2) is 157 Å². The number of rotatable bonds is 8. The lowest BCUT2D eigenvalue weighted by molar-refractivity contribution is 1.19. The lowest BCUT2D eigenvalue weighted by atomic mass is 10.1. The van der Waals surface area contributed by atoms with Gasteiger partial charge in [-0.2, -0.15) is 0 Å². The molecule has 0 amide bonds. The minimum atomic E-state index is 0.882. The van der Waals surface area contributed by atoms with Gasteiger partial charge in [0.1, 0.15) is 0 Å². The third-order valence-electron chi connectivity index (χ3n) is 6.49. The molecular weight excluding hydrogens is 480 g/mol. The first-order valence-electron chi connectivity index (χ1n) is 12.8. The van der Waals surface area contributed by atoms with E-state index in [4.69, 9.17) is 0 Å². The Morgan fingerprint density at radius 2 is 0.789 bits per heavy atom. The standard InChI is InChI=1S/C35H28N2S/c1-5-14-29(15-6-1)36(30-16-7-2-8-17-30)33-24-28(26-35-22-13-23-38-35)25-34(27-33)37(31-18-9-3-10-19-31)32-20-11-4-12-21-32/h1-25,27H,26H2. The SMILES string of the molecule is c1ccc(N(c2ccccc2)c2cc(Cc3cccs3)cc(N(c3ccccc3)c3ccccc3)c2)cc1. The summed E-state index contributed by atoms with van der Waals surface area (Å²) in [6.45, 7) is 0. The largest absolute Gasteiger partial charge is 0.310 e. The summed E-state index contributed by atoms with van der Waals surface area (Å²) in [6, 6.07) is 53.7. The Balaban J connectivity index is 1.57. The highest BCUT2D eigenvalue weighted by Gasteiger charge is 2.18. The number of anilines is 6. The van der Waals surface area contributed by atoms with Crippen LogP contribution in [0.4, 0.5) is 34.1 Å². The van der Waals surface area contributed by atoms with E-state index in [1.807, 2.05) is 0 Å². The van der Waals surface area contributed by atoms with Gasteiger partial charge in [0.15, 0.2) is 0 Å². The van der Waals surface area contributed by atoms with Crippen molar-refractivity contribution in [2.24, 2.45) is 0 Å². The molecule has 0 saturated carbocycles. The Morgan fingerprint density at radius 1 is 0.395 bits per heavy atom. The molecule has 0 bridgehead atoms. The molecule has 3 heteroatoms. The molecule has 0 N–H and O–H groups in total. The zero-order valence-corrected chi connectivity index (χ0v) is 21.8. The molecule has 1 aromatic heterocycles. The van der Waals surface area contributed by atoms with Gasteiger partial charge in [-0.3, -0.25) is 0 Å². The van der Waals surface area contributed by atoms with Crippen LogP contribution in [0, 0.1) is 0 Å². The van der Waals surface area contributed by atoms with Gasteiger partial charge < -0.3 is 9.80 Å². The molecule has 0 aliphatic rings. The van der Waals surface area contributed by atoms with Crippen molar-refractivity contribution in [3.8, 4) is 0 Å². The number of hydrogen-bond acceptors (Lipinski definition) is 3. The molecule has 0 aliphatic heterocycles. The molecule has 0 unspecified atom stereocenters. The first-order chi connectivity index (χ1) is 18.8. The second-order valence-electron chi connectivity index (χ2n) is 9.13. The number of para-hydroxylation sites is 4. The normalized spacial score (nSPS) is 10.7. The van der Waals surface area contributed by atoms with Crippen LogP contribution in [0.1, 0.15) is 10.4 Å². The molecule has 6 rings (SSSR count). The Kier molecular flexibility index (Phi) is 7.01. The van der Waals surface area contributed by atoms with Gasteiger partial charge in [0.2, 0.25) is 0 Å². The Bertz CT molecular complexity index is 1390. The maximum atomic E-state index is 2.34. The van der Waals surface area contributed by atoms with Crippen molar-refractivity contribution in [2.75, 3.05) is 9.80 Å². The van der Waals surface area contributed by atoms with E-state index in [9.17, 15) is 0 Å². The summed E-state index contributed by atoms with van der Waals surface area (Å²) in [7, 11) is 0. The van der Waals surface area contributed by atoms with Gasteiger partial charge >= 0.3 is 0 Å². The van der Waals surface area contributed by atoms with Gasteiger partial charge in [-0.25, -0.2) is 0 Å². The fourth-order valence-electron chi connectivity index (χ4n) is 4.83. The van der Waals surface area contributed by atoms with Crippen molar-refractivity contribution >= 4 is 45.5 Å². The van der Waals surface area contributed by atoms with Crippen LogP contribution in [0.25, 0.3) is 0 Å². The van der Waals surface area contributed by atoms with E-state index in [2.05, 4.69) is 167 Å². The van der Waals surface area contributed by atoms with Crippen molar-refractivity contribution in [1.29, 1.82) is 0 Å². The summed E-state index contributed by atoms with van der Waals surface area (Å²) in [5.74, 6) is 0. The third-order valence-corrected chi connectivity index (χ3v) is 7.37. The summed E-state index contributed by atoms with van der Waals surface area (Å²) in [6.07, 6.45) is 0.882. The van der Waals surface area contributed by atoms with Crippen molar-refractivity contribution in [2.45, 2.75) is 6.42 Å². The topological polar surface area (TPSA) is 6.48 Å². The smallest absolute Gasteiger partial charge is 0.0485 e. The monoisotopic (exact) mass is 508 g/mol. The molecule has 6 aromatic rings. The number of benzene rings is 5. The zero-order valence-electron chi connectivity index (χ0n) is 21.0. The van der Waals surface area contributed by atoms with Gasteiger partial charge in [-0.05, 0) is 83.7 Å². The maximum Gasteiger partial charge on any atom is 0.0485 e. The van der Waals surface area contributed by atoms with Crippen LogP contribution in [0.5, 0.6) is 0 Å². The van der Waals surface area contributed by atoms with Crippen molar-refractivity contribution in [3.63, 3.8) is 0 Å². The summed E-state index contributed by atoms with van der Waals surface area (Å²) < 4.78 is 0. The van der Waals surface area contributed by atoms with Gasteiger partial charge in [0.05, 0.1) is 0 Å². The summed E-state index contributed by atoms with van der Waals surface area (Å²) >= 11 is 1.80. The first kappa shape index (κ1) is 23.8. The quantitative estimate of drug-likeness (QED) is 0.202. The summed E-state index contributed by atoms with van der Waals surface area (Å²) in [4.78, 5) is 6.04. The fourth-order valence-corrected chi connectivity index (χ4v) is 5.57. The highest BCUT2D eigenvalue weighted by atomic mass is 32.1. The molecule has 1 heterocycles. The van der Waals surface area contributed by atoms with E-state index in [-0.39, 0.29) is 0 Å². The highest BCUT2D eigenvalue weighted by Crippen LogP contribution is 2.41. The third kappa shape index (κ3) is 5.24. The summed E-state index contributed by atoms with van der Waals surface area (Å²) in [5.41, 5.74) is 8.04. The lowest BCUT2D eigenvalue weighted by Crippen LogP contribution is -2.14. The van der Waals surface area contributed by atoms with Gasteiger partial charge in [0.25, 0.3) is 0 Å². The molecule has 38 heavy (non-hydrogen) atoms. The predicted molar refractivity (Wildman–Crippen MR) is 163 cm³/mol. The van der Waals surface area contributed by atoms with E-state index < -0.39 is 0 Å². The Morgan fingerprint density at radius 3 is 1.13 bits per heavy atom. The van der Waals surface area contributed by atoms with Crippen LogP contribution in [-0.4, -0.2) is 0 Å². The maximum absolute atomic E-state index is 2.34. The fraction of sp³-hybridized carbons (Fsp3) is 0.0286. The van der Waals surface area contributed by atoms with Gasteiger partial charge in [-0.1, -0.05) is 78.9 Å². The van der Waals surface area contributed by atoms with Crippen molar-refractivity contribution in [3.05, 3.63) is 167 Å². The van der Waals surface area contributed by atoms with Crippen LogP contribution < -0.4 is 9.80 Å². The lowest BCUT2D eigenvalue weighted by Gasteiger charge is -2.30. The highest BCUT2D eigenvalue weighted by molar-refractivity contribution is 7.09. The van der Waals surface area contributed by atoms with Crippen LogP contribution in [0.3, 0.4) is 0 Å². The predicted octanol–water partition coefficient (Wildman–Crippen LogP) is 10.3. The number of thiophene rings is 1. The van der Waals surface area contributed by atoms with E-state index >= 15 is 0 Å². The average Bonchev–Trinajstić information content (AvgIpc) is 3.49. The van der Waals surface area contributed by atoms with Crippen molar-refractivity contribution < 1.29 is 0 Å². The summed E-state index contributed by atoms with van der Waals surface area (Å²) in [5, 5.41) is 2.15. The molecule has 0 fully saturated rings. The molecule has 0 radical (unpaired) electrons. The van der Waals surface area contributed by atoms with E-state index in [0.29, 0.717) is 0 Å². The minimum absolute atomic E-state index is 0.882. The van der Waals surface area contributed by atoms with E-state index in [1.54, 1.807) is 11.3 Å². The van der Waals surface area contributed by atoms with Crippen LogP contribution in [-0.2, 0) is 6.42 Å². The molecule has 184 valence electrons. The zero-order chi connectivity index (χ0) is 25.6. The molecular formula is C35H28N2S. The number of nitrogens with zero attached hydrogens (tertiary/aromatic N) is 2. The molecule has 5 aromatic carbocycles. The second kappa shape index (κ2) is 11.2. The van der Waals surface area contributed by atoms with Crippen LogP contribution >= 0.6 is 11.3 Å². The Labute approximate surface area is 228 Å². The average molecular weight is 509 g/mol. The Hall–Kier alpha value is -4.60. The van der Waals surface area contributed by atoms with E-state index in [1.165, 1.54) is 10.4 Å². The van der Waals surface area contributed by atoms with Crippen molar-refractivity contribution in [1.82, 2.24) is 0 Å². The van der Waals surface area contributed by atoms with Gasteiger partial charge in [0, 0.05) is 45.4 Å². The molecule has 0 spiro atoms. The molecule has 2 nitrogen and oxygen atoms in total. The first-order valence-corrected chi connectivity index (χ1v) is 13.7. The van der Waals surface area contributed by atoms with Crippen LogP contribution in [0.2, 0.25) is 0 Å². The molecule has 0 aliphatic carbocycles. The van der Waals surface area contributed by atoms with E-state index in [0.717, 1.165) is 40.5 Å². The number of hydrogen-bond donors (Lipinski definition) is 0. The molecule has 0 saturated heterocycles. The second-order valence-corrected chi connectivity index (χ2v) is 10.2. The van der Waals surface area contributed by atoms with Gasteiger partial charge in [-0.15, -0.1) is 11.3 Å². The molecule has 0 atom stereocenters. The minimum Gasteiger partial charge on any atom is -0.310 e.